The minimum absolute atomic E-state index is 0.0263. The van der Waals surface area contributed by atoms with Crippen molar-refractivity contribution < 1.29 is 9.53 Å². The first-order chi connectivity index (χ1) is 15.9. The number of morpholine rings is 1. The summed E-state index contributed by atoms with van der Waals surface area (Å²) in [7, 11) is 3.97. The number of anilines is 1. The Balaban J connectivity index is 2.08. The van der Waals surface area contributed by atoms with E-state index in [0.717, 1.165) is 23.9 Å². The number of pyridine rings is 1. The number of nitrogens with two attached hydrogens (primary N) is 1. The molecule has 0 saturated carbocycles. The van der Waals surface area contributed by atoms with Gasteiger partial charge >= 0.3 is 0 Å². The fraction of sp³-hybridized carbons (Fsp3) is 0.417. The number of hydrogen-bond donors (Lipinski definition) is 1. The van der Waals surface area contributed by atoms with E-state index in [0.29, 0.717) is 53.7 Å². The van der Waals surface area contributed by atoms with Gasteiger partial charge in [0, 0.05) is 19.6 Å². The van der Waals surface area contributed by atoms with Crippen molar-refractivity contribution in [1.29, 1.82) is 10.5 Å². The van der Waals surface area contributed by atoms with E-state index < -0.39 is 11.2 Å². The van der Waals surface area contributed by atoms with Crippen molar-refractivity contribution in [2.75, 3.05) is 45.2 Å². The Labute approximate surface area is 198 Å². The predicted molar refractivity (Wildman–Crippen MR) is 128 cm³/mol. The molecule has 3 rings (SSSR count). The fourth-order valence-corrected chi connectivity index (χ4v) is 5.02. The molecule has 2 heterocycles. The molecule has 8 nitrogen and oxygen atoms in total. The quantitative estimate of drug-likeness (QED) is 0.592. The standard InChI is InChI=1S/C24H28N6O2S/c1-4-18-19(12-25)23(30-10-11-32-17(15-30)14-29(2)3)28-24(20(18)13-26)33-21(22(27)31)16-8-6-5-7-9-16/h5-9,17,21H,4,10-11,14-15H2,1-3H3,(H2,27,31). The molecule has 2 aromatic rings. The van der Waals surface area contributed by atoms with Crippen LogP contribution in [-0.4, -0.2) is 62.2 Å². The normalized spacial score (nSPS) is 16.8. The molecule has 1 aromatic heterocycles. The molecular formula is C24H28N6O2S. The van der Waals surface area contributed by atoms with Gasteiger partial charge in [-0.2, -0.15) is 10.5 Å². The third kappa shape index (κ3) is 5.63. The summed E-state index contributed by atoms with van der Waals surface area (Å²) in [6.45, 7) is 4.34. The molecule has 1 fully saturated rings. The van der Waals surface area contributed by atoms with E-state index in [4.69, 9.17) is 15.5 Å². The van der Waals surface area contributed by atoms with E-state index in [1.165, 1.54) is 0 Å². The smallest absolute Gasteiger partial charge is 0.235 e. The van der Waals surface area contributed by atoms with E-state index >= 15 is 0 Å². The second-order valence-electron chi connectivity index (χ2n) is 8.06. The average molecular weight is 465 g/mol. The van der Waals surface area contributed by atoms with Gasteiger partial charge in [-0.15, -0.1) is 0 Å². The monoisotopic (exact) mass is 464 g/mol. The molecule has 0 bridgehead atoms. The molecule has 33 heavy (non-hydrogen) atoms. The summed E-state index contributed by atoms with van der Waals surface area (Å²) in [5.74, 6) is 0.0115. The lowest BCUT2D eigenvalue weighted by Gasteiger charge is -2.35. The van der Waals surface area contributed by atoms with Gasteiger partial charge in [-0.1, -0.05) is 49.0 Å². The summed E-state index contributed by atoms with van der Waals surface area (Å²) in [6.07, 6.45) is 0.467. The molecular weight excluding hydrogens is 436 g/mol. The first-order valence-electron chi connectivity index (χ1n) is 10.8. The molecule has 1 aliphatic heterocycles. The zero-order valence-corrected chi connectivity index (χ0v) is 19.9. The van der Waals surface area contributed by atoms with Crippen molar-refractivity contribution in [2.45, 2.75) is 29.7 Å². The number of aromatic nitrogens is 1. The Bertz CT molecular complexity index is 1080. The lowest BCUT2D eigenvalue weighted by atomic mass is 10.0. The predicted octanol–water partition coefficient (Wildman–Crippen LogP) is 2.47. The molecule has 0 spiro atoms. The highest BCUT2D eigenvalue weighted by Crippen LogP contribution is 2.39. The molecule has 0 radical (unpaired) electrons. The van der Waals surface area contributed by atoms with Crippen molar-refractivity contribution in [3.63, 3.8) is 0 Å². The maximum absolute atomic E-state index is 12.3. The summed E-state index contributed by atoms with van der Waals surface area (Å²) in [5, 5.41) is 19.6. The maximum atomic E-state index is 12.3. The third-order valence-corrected chi connectivity index (χ3v) is 6.68. The van der Waals surface area contributed by atoms with Gasteiger partial charge in [-0.05, 0) is 31.6 Å². The molecule has 1 amide bonds. The van der Waals surface area contributed by atoms with E-state index in [1.807, 2.05) is 56.3 Å². The first-order valence-corrected chi connectivity index (χ1v) is 11.7. The van der Waals surface area contributed by atoms with Crippen LogP contribution in [0.5, 0.6) is 0 Å². The van der Waals surface area contributed by atoms with Crippen molar-refractivity contribution >= 4 is 23.5 Å². The van der Waals surface area contributed by atoms with Crippen LogP contribution in [0.4, 0.5) is 5.82 Å². The largest absolute Gasteiger partial charge is 0.373 e. The van der Waals surface area contributed by atoms with Gasteiger partial charge in [0.15, 0.2) is 0 Å². The number of carbonyl (C=O) groups is 1. The number of benzene rings is 1. The Hall–Kier alpha value is -3.11. The number of thioether (sulfide) groups is 1. The molecule has 9 heteroatoms. The molecule has 0 aliphatic carbocycles. The zero-order valence-electron chi connectivity index (χ0n) is 19.1. The highest BCUT2D eigenvalue weighted by molar-refractivity contribution is 8.00. The van der Waals surface area contributed by atoms with Crippen molar-refractivity contribution in [3.05, 3.63) is 52.6 Å². The van der Waals surface area contributed by atoms with E-state index in [-0.39, 0.29) is 6.10 Å². The van der Waals surface area contributed by atoms with Gasteiger partial charge in [0.05, 0.1) is 23.8 Å². The highest BCUT2D eigenvalue weighted by atomic mass is 32.2. The molecule has 1 saturated heterocycles. The Morgan fingerprint density at radius 1 is 1.30 bits per heavy atom. The van der Waals surface area contributed by atoms with Crippen LogP contribution in [0.1, 0.15) is 34.4 Å². The summed E-state index contributed by atoms with van der Waals surface area (Å²) in [6, 6.07) is 13.7. The minimum Gasteiger partial charge on any atom is -0.373 e. The topological polar surface area (TPSA) is 119 Å². The van der Waals surface area contributed by atoms with Crippen LogP contribution < -0.4 is 10.6 Å². The third-order valence-electron chi connectivity index (χ3n) is 5.42. The Morgan fingerprint density at radius 2 is 2.00 bits per heavy atom. The van der Waals surface area contributed by atoms with Crippen LogP contribution in [0.15, 0.2) is 35.4 Å². The number of rotatable bonds is 8. The van der Waals surface area contributed by atoms with Crippen LogP contribution >= 0.6 is 11.8 Å². The van der Waals surface area contributed by atoms with E-state index in [9.17, 15) is 15.3 Å². The second kappa shape index (κ2) is 11.2. The SMILES string of the molecule is CCc1c(C#N)c(SC(C(N)=O)c2ccccc2)nc(N2CCOC(CN(C)C)C2)c1C#N. The lowest BCUT2D eigenvalue weighted by Crippen LogP contribution is -2.47. The van der Waals surface area contributed by atoms with Crippen molar-refractivity contribution in [1.82, 2.24) is 9.88 Å². The van der Waals surface area contributed by atoms with Gasteiger partial charge < -0.3 is 20.3 Å². The summed E-state index contributed by atoms with van der Waals surface area (Å²) >= 11 is 1.16. The van der Waals surface area contributed by atoms with Gasteiger partial charge in [0.2, 0.25) is 5.91 Å². The highest BCUT2D eigenvalue weighted by Gasteiger charge is 2.29. The second-order valence-corrected chi connectivity index (χ2v) is 9.15. The van der Waals surface area contributed by atoms with Crippen LogP contribution in [0.25, 0.3) is 0 Å². The number of nitriles is 2. The van der Waals surface area contributed by atoms with Crippen molar-refractivity contribution in [3.8, 4) is 12.1 Å². The van der Waals surface area contributed by atoms with E-state index in [1.54, 1.807) is 0 Å². The minimum atomic E-state index is -0.706. The van der Waals surface area contributed by atoms with Gasteiger partial charge in [-0.25, -0.2) is 4.98 Å². The fourth-order valence-electron chi connectivity index (χ4n) is 3.96. The molecule has 2 atom stereocenters. The average Bonchev–Trinajstić information content (AvgIpc) is 2.81. The lowest BCUT2D eigenvalue weighted by molar-refractivity contribution is -0.117. The summed E-state index contributed by atoms with van der Waals surface area (Å²) in [4.78, 5) is 21.2. The van der Waals surface area contributed by atoms with E-state index in [2.05, 4.69) is 17.0 Å². The summed E-state index contributed by atoms with van der Waals surface area (Å²) in [5.41, 5.74) is 7.83. The van der Waals surface area contributed by atoms with Gasteiger partial charge in [0.25, 0.3) is 0 Å². The van der Waals surface area contributed by atoms with Crippen LogP contribution in [0.3, 0.4) is 0 Å². The molecule has 2 N–H and O–H groups in total. The number of hydrogen-bond acceptors (Lipinski definition) is 8. The van der Waals surface area contributed by atoms with Gasteiger partial charge in [0.1, 0.15) is 28.2 Å². The number of primary amides is 1. The number of nitrogens with zero attached hydrogens (tertiary/aromatic N) is 5. The number of ether oxygens (including phenoxy) is 1. The maximum Gasteiger partial charge on any atom is 0.235 e. The number of carbonyl (C=O) groups excluding carboxylic acids is 1. The first kappa shape index (κ1) is 24.5. The van der Waals surface area contributed by atoms with Crippen LogP contribution in [0, 0.1) is 22.7 Å². The van der Waals surface area contributed by atoms with Crippen LogP contribution in [0.2, 0.25) is 0 Å². The molecule has 1 aliphatic rings. The van der Waals surface area contributed by atoms with Gasteiger partial charge in [-0.3, -0.25) is 4.79 Å². The number of likely N-dealkylation sites (N-methyl/N-ethyl adjacent to an activating group) is 1. The summed E-state index contributed by atoms with van der Waals surface area (Å²) < 4.78 is 5.89. The molecule has 1 aromatic carbocycles. The zero-order chi connectivity index (χ0) is 24.0. The molecule has 172 valence electrons. The van der Waals surface area contributed by atoms with Crippen LogP contribution in [-0.2, 0) is 16.0 Å². The Morgan fingerprint density at radius 3 is 2.58 bits per heavy atom. The van der Waals surface area contributed by atoms with Crippen molar-refractivity contribution in [2.24, 2.45) is 5.73 Å². The number of amides is 1. The Kier molecular flexibility index (Phi) is 8.29. The molecule has 2 unspecified atom stereocenters.